The molecule has 0 spiro atoms. The number of benzene rings is 2. The Kier molecular flexibility index (Phi) is 2.73. The number of hydrogen-bond donors (Lipinski definition) is 1. The number of carbonyl (C=O) groups excluding carboxylic acids is 1. The van der Waals surface area contributed by atoms with Gasteiger partial charge in [-0.1, -0.05) is 30.3 Å². The lowest BCUT2D eigenvalue weighted by Gasteiger charge is -2.05. The molecule has 0 radical (unpaired) electrons. The van der Waals surface area contributed by atoms with Crippen molar-refractivity contribution in [1.82, 2.24) is 0 Å². The van der Waals surface area contributed by atoms with Crippen LogP contribution in [0.1, 0.15) is 15.9 Å². The minimum absolute atomic E-state index is 0.691. The number of hydrogen-bond acceptors (Lipinski definition) is 2. The lowest BCUT2D eigenvalue weighted by atomic mass is 10.0. The summed E-state index contributed by atoms with van der Waals surface area (Å²) in [7, 11) is 0. The quantitative estimate of drug-likeness (QED) is 0.612. The minimum Gasteiger partial charge on any atom is -0.399 e. The minimum atomic E-state index is 0.691. The van der Waals surface area contributed by atoms with Gasteiger partial charge in [0.05, 0.1) is 0 Å². The number of nitrogens with two attached hydrogens (primary N) is 1. The van der Waals surface area contributed by atoms with Gasteiger partial charge in [-0.3, -0.25) is 4.79 Å². The molecule has 0 aliphatic carbocycles. The topological polar surface area (TPSA) is 43.1 Å². The molecule has 0 heterocycles. The molecular formula is C14H13NO. The maximum atomic E-state index is 10.5. The van der Waals surface area contributed by atoms with Crippen molar-refractivity contribution in [3.05, 3.63) is 53.6 Å². The smallest absolute Gasteiger partial charge is 0.150 e. The first kappa shape index (κ1) is 10.4. The van der Waals surface area contributed by atoms with E-state index in [2.05, 4.69) is 0 Å². The molecule has 2 nitrogen and oxygen atoms in total. The molecule has 80 valence electrons. The van der Waals surface area contributed by atoms with Crippen molar-refractivity contribution >= 4 is 12.0 Å². The molecule has 2 heteroatoms. The summed E-state index contributed by atoms with van der Waals surface area (Å²) in [6, 6.07) is 13.4. The average Bonchev–Trinajstić information content (AvgIpc) is 2.33. The monoisotopic (exact) mass is 211 g/mol. The molecule has 0 fully saturated rings. The van der Waals surface area contributed by atoms with E-state index in [9.17, 15) is 4.79 Å². The van der Waals surface area contributed by atoms with E-state index in [1.807, 2.05) is 49.4 Å². The van der Waals surface area contributed by atoms with E-state index in [1.165, 1.54) is 0 Å². The Morgan fingerprint density at radius 1 is 1.00 bits per heavy atom. The van der Waals surface area contributed by atoms with Crippen LogP contribution in [0.2, 0.25) is 0 Å². The van der Waals surface area contributed by atoms with Gasteiger partial charge in [-0.2, -0.15) is 0 Å². The van der Waals surface area contributed by atoms with Crippen LogP contribution in [0.3, 0.4) is 0 Å². The largest absolute Gasteiger partial charge is 0.399 e. The summed E-state index contributed by atoms with van der Waals surface area (Å²) in [6.45, 7) is 1.98. The molecule has 0 bridgehead atoms. The van der Waals surface area contributed by atoms with Gasteiger partial charge < -0.3 is 5.73 Å². The Bertz CT molecular complexity index is 515. The maximum absolute atomic E-state index is 10.5. The third-order valence-electron chi connectivity index (χ3n) is 2.65. The molecule has 0 aliphatic heterocycles. The molecule has 2 N–H and O–H groups in total. The van der Waals surface area contributed by atoms with E-state index in [1.54, 1.807) is 0 Å². The van der Waals surface area contributed by atoms with Crippen molar-refractivity contribution in [3.8, 4) is 11.1 Å². The van der Waals surface area contributed by atoms with Gasteiger partial charge in [0.1, 0.15) is 6.29 Å². The van der Waals surface area contributed by atoms with Crippen LogP contribution in [0.25, 0.3) is 11.1 Å². The van der Waals surface area contributed by atoms with Crippen molar-refractivity contribution in [2.75, 3.05) is 5.73 Å². The van der Waals surface area contributed by atoms with Crippen molar-refractivity contribution in [2.45, 2.75) is 6.92 Å². The lowest BCUT2D eigenvalue weighted by molar-refractivity contribution is 0.112. The predicted octanol–water partition coefficient (Wildman–Crippen LogP) is 3.06. The van der Waals surface area contributed by atoms with Crippen molar-refractivity contribution in [1.29, 1.82) is 0 Å². The second-order valence-corrected chi connectivity index (χ2v) is 3.81. The molecule has 0 unspecified atom stereocenters. The normalized spacial score (nSPS) is 10.1. The van der Waals surface area contributed by atoms with Gasteiger partial charge in [0.25, 0.3) is 0 Å². The van der Waals surface area contributed by atoms with Crippen LogP contribution in [0.15, 0.2) is 42.5 Å². The molecule has 0 aromatic heterocycles. The van der Waals surface area contributed by atoms with Gasteiger partial charge in [0, 0.05) is 11.3 Å². The molecule has 16 heavy (non-hydrogen) atoms. The third kappa shape index (κ3) is 1.96. The molecule has 0 saturated heterocycles. The van der Waals surface area contributed by atoms with Gasteiger partial charge in [0.2, 0.25) is 0 Å². The molecule has 2 aromatic rings. The van der Waals surface area contributed by atoms with Crippen LogP contribution in [0.4, 0.5) is 5.69 Å². The molecule has 0 atom stereocenters. The van der Waals surface area contributed by atoms with E-state index in [-0.39, 0.29) is 0 Å². The van der Waals surface area contributed by atoms with Gasteiger partial charge in [-0.05, 0) is 35.7 Å². The number of nitrogen functional groups attached to an aromatic ring is 1. The number of aldehydes is 1. The summed E-state index contributed by atoms with van der Waals surface area (Å²) < 4.78 is 0. The van der Waals surface area contributed by atoms with E-state index in [0.29, 0.717) is 5.56 Å². The average molecular weight is 211 g/mol. The first-order chi connectivity index (χ1) is 7.70. The van der Waals surface area contributed by atoms with Crippen molar-refractivity contribution in [3.63, 3.8) is 0 Å². The van der Waals surface area contributed by atoms with E-state index >= 15 is 0 Å². The fourth-order valence-corrected chi connectivity index (χ4v) is 1.61. The van der Waals surface area contributed by atoms with Crippen LogP contribution in [0.5, 0.6) is 0 Å². The van der Waals surface area contributed by atoms with E-state index in [4.69, 9.17) is 5.73 Å². The van der Waals surface area contributed by atoms with Gasteiger partial charge in [-0.25, -0.2) is 0 Å². The molecule has 2 rings (SSSR count). The zero-order valence-electron chi connectivity index (χ0n) is 9.10. The molecule has 0 saturated carbocycles. The van der Waals surface area contributed by atoms with Crippen molar-refractivity contribution < 1.29 is 4.79 Å². The zero-order chi connectivity index (χ0) is 11.5. The summed E-state index contributed by atoms with van der Waals surface area (Å²) >= 11 is 0. The highest BCUT2D eigenvalue weighted by molar-refractivity contribution is 5.77. The number of carbonyl (C=O) groups is 1. The second kappa shape index (κ2) is 4.19. The summed E-state index contributed by atoms with van der Waals surface area (Å²) in [6.07, 6.45) is 0.845. The summed E-state index contributed by atoms with van der Waals surface area (Å²) in [4.78, 5) is 10.5. The first-order valence-electron chi connectivity index (χ1n) is 5.12. The molecular weight excluding hydrogens is 198 g/mol. The molecule has 0 amide bonds. The fourth-order valence-electron chi connectivity index (χ4n) is 1.61. The molecule has 2 aromatic carbocycles. The Labute approximate surface area is 94.7 Å². The van der Waals surface area contributed by atoms with Gasteiger partial charge in [-0.15, -0.1) is 0 Å². The van der Waals surface area contributed by atoms with Crippen LogP contribution in [0, 0.1) is 6.92 Å². The summed E-state index contributed by atoms with van der Waals surface area (Å²) in [5.41, 5.74) is 10.5. The Balaban J connectivity index is 2.42. The fraction of sp³-hybridized carbons (Fsp3) is 0.0714. The van der Waals surface area contributed by atoms with Crippen LogP contribution >= 0.6 is 0 Å². The van der Waals surface area contributed by atoms with Crippen LogP contribution < -0.4 is 5.73 Å². The predicted molar refractivity (Wildman–Crippen MR) is 66.4 cm³/mol. The van der Waals surface area contributed by atoms with E-state index < -0.39 is 0 Å². The first-order valence-corrected chi connectivity index (χ1v) is 5.12. The highest BCUT2D eigenvalue weighted by Gasteiger charge is 2.00. The summed E-state index contributed by atoms with van der Waals surface area (Å²) in [5.74, 6) is 0. The van der Waals surface area contributed by atoms with Crippen LogP contribution in [-0.4, -0.2) is 6.29 Å². The number of anilines is 1. The Hall–Kier alpha value is -2.09. The molecule has 0 aliphatic rings. The Morgan fingerprint density at radius 3 is 2.19 bits per heavy atom. The maximum Gasteiger partial charge on any atom is 0.150 e. The SMILES string of the molecule is Cc1cc(-c2ccc(C=O)cc2)ccc1N. The number of aryl methyl sites for hydroxylation is 1. The highest BCUT2D eigenvalue weighted by Crippen LogP contribution is 2.23. The third-order valence-corrected chi connectivity index (χ3v) is 2.65. The zero-order valence-corrected chi connectivity index (χ0v) is 9.10. The van der Waals surface area contributed by atoms with Crippen LogP contribution in [-0.2, 0) is 0 Å². The highest BCUT2D eigenvalue weighted by atomic mass is 16.1. The standard InChI is InChI=1S/C14H13NO/c1-10-8-13(6-7-14(10)15)12-4-2-11(9-16)3-5-12/h2-9H,15H2,1H3. The summed E-state index contributed by atoms with van der Waals surface area (Å²) in [5, 5.41) is 0. The van der Waals surface area contributed by atoms with Gasteiger partial charge in [0.15, 0.2) is 0 Å². The van der Waals surface area contributed by atoms with Crippen molar-refractivity contribution in [2.24, 2.45) is 0 Å². The number of rotatable bonds is 2. The Morgan fingerprint density at radius 2 is 1.62 bits per heavy atom. The van der Waals surface area contributed by atoms with Gasteiger partial charge >= 0.3 is 0 Å². The van der Waals surface area contributed by atoms with E-state index in [0.717, 1.165) is 28.7 Å². The lowest BCUT2D eigenvalue weighted by Crippen LogP contribution is -1.89. The second-order valence-electron chi connectivity index (χ2n) is 3.81.